The van der Waals surface area contributed by atoms with Crippen LogP contribution >= 0.6 is 0 Å². The number of carbonyl (C=O) groups excluding carboxylic acids is 1. The summed E-state index contributed by atoms with van der Waals surface area (Å²) in [6, 6.07) is 3.20. The molecule has 1 N–H and O–H groups in total. The van der Waals surface area contributed by atoms with E-state index in [1.165, 1.54) is 12.1 Å². The molecule has 1 saturated heterocycles. The number of aliphatic hydroxyl groups is 1. The molecule has 120 valence electrons. The molecule has 1 spiro atoms. The van der Waals surface area contributed by atoms with E-state index in [-0.39, 0.29) is 23.8 Å². The maximum absolute atomic E-state index is 13.2. The topological polar surface area (TPSA) is 40.5 Å². The fourth-order valence-corrected chi connectivity index (χ4v) is 3.97. The summed E-state index contributed by atoms with van der Waals surface area (Å²) in [7, 11) is 0. The molecule has 0 radical (unpaired) electrons. The first-order valence-corrected chi connectivity index (χ1v) is 7.89. The Labute approximate surface area is 128 Å². The lowest BCUT2D eigenvalue weighted by atomic mass is 9.76. The van der Waals surface area contributed by atoms with Crippen LogP contribution in [0.4, 0.5) is 8.78 Å². The van der Waals surface area contributed by atoms with Crippen molar-refractivity contribution in [2.24, 2.45) is 5.41 Å². The average molecular weight is 309 g/mol. The van der Waals surface area contributed by atoms with Crippen LogP contribution in [0.3, 0.4) is 0 Å². The van der Waals surface area contributed by atoms with Gasteiger partial charge < -0.3 is 10.0 Å². The third kappa shape index (κ3) is 3.00. The molecule has 2 atom stereocenters. The minimum atomic E-state index is -0.663. The fraction of sp³-hybridized carbons (Fsp3) is 0.588. The number of piperidine rings is 1. The average Bonchev–Trinajstić information content (AvgIpc) is 2.78. The number of hydrogen-bond donors (Lipinski definition) is 1. The molecule has 1 aliphatic heterocycles. The Balaban J connectivity index is 1.69. The number of nitrogens with zero attached hydrogens (tertiary/aromatic N) is 1. The lowest BCUT2D eigenvalue weighted by Gasteiger charge is -2.42. The summed E-state index contributed by atoms with van der Waals surface area (Å²) in [6.07, 6.45) is 4.24. The van der Waals surface area contributed by atoms with Gasteiger partial charge in [0.1, 0.15) is 11.6 Å². The van der Waals surface area contributed by atoms with Gasteiger partial charge in [0, 0.05) is 24.6 Å². The molecule has 5 heteroatoms. The molecule has 2 fully saturated rings. The van der Waals surface area contributed by atoms with Crippen LogP contribution < -0.4 is 0 Å². The molecule has 1 heterocycles. The zero-order valence-corrected chi connectivity index (χ0v) is 12.5. The lowest BCUT2D eigenvalue weighted by Crippen LogP contribution is -2.49. The van der Waals surface area contributed by atoms with E-state index in [1.807, 2.05) is 0 Å². The molecule has 0 aromatic heterocycles. The van der Waals surface area contributed by atoms with Gasteiger partial charge in [0.2, 0.25) is 5.91 Å². The first kappa shape index (κ1) is 15.4. The number of carbonyl (C=O) groups is 1. The summed E-state index contributed by atoms with van der Waals surface area (Å²) >= 11 is 0. The molecule has 1 aromatic carbocycles. The van der Waals surface area contributed by atoms with Crippen molar-refractivity contribution in [3.05, 3.63) is 35.4 Å². The van der Waals surface area contributed by atoms with E-state index in [0.29, 0.717) is 18.7 Å². The second-order valence-electron chi connectivity index (χ2n) is 6.64. The van der Waals surface area contributed by atoms with E-state index in [1.54, 1.807) is 4.90 Å². The summed E-state index contributed by atoms with van der Waals surface area (Å²) in [5.74, 6) is -1.45. The highest BCUT2D eigenvalue weighted by Crippen LogP contribution is 2.45. The third-order valence-corrected chi connectivity index (χ3v) is 5.10. The van der Waals surface area contributed by atoms with Crippen molar-refractivity contribution >= 4 is 5.91 Å². The number of amides is 1. The Morgan fingerprint density at radius 1 is 1.23 bits per heavy atom. The summed E-state index contributed by atoms with van der Waals surface area (Å²) in [5.41, 5.74) is 0.190. The molecule has 3 rings (SSSR count). The molecule has 0 unspecified atom stereocenters. The van der Waals surface area contributed by atoms with Crippen LogP contribution in [-0.2, 0) is 11.2 Å². The van der Waals surface area contributed by atoms with E-state index in [9.17, 15) is 18.7 Å². The fourth-order valence-electron chi connectivity index (χ4n) is 3.97. The van der Waals surface area contributed by atoms with Crippen molar-refractivity contribution < 1.29 is 18.7 Å². The minimum Gasteiger partial charge on any atom is -0.392 e. The summed E-state index contributed by atoms with van der Waals surface area (Å²) in [6.45, 7) is 1.22. The number of halogens is 2. The maximum atomic E-state index is 13.2. The van der Waals surface area contributed by atoms with Crippen molar-refractivity contribution in [3.8, 4) is 0 Å². The van der Waals surface area contributed by atoms with Crippen molar-refractivity contribution in [2.45, 2.75) is 44.6 Å². The van der Waals surface area contributed by atoms with Gasteiger partial charge in [-0.1, -0.05) is 6.42 Å². The van der Waals surface area contributed by atoms with E-state index >= 15 is 0 Å². The Morgan fingerprint density at radius 3 is 2.55 bits per heavy atom. The molecular formula is C17H21F2NO2. The predicted molar refractivity (Wildman–Crippen MR) is 78.2 cm³/mol. The van der Waals surface area contributed by atoms with Crippen LogP contribution in [0.2, 0.25) is 0 Å². The first-order valence-electron chi connectivity index (χ1n) is 7.89. The number of hydrogen-bond acceptors (Lipinski definition) is 2. The van der Waals surface area contributed by atoms with Crippen LogP contribution in [0.25, 0.3) is 0 Å². The van der Waals surface area contributed by atoms with Crippen molar-refractivity contribution in [1.82, 2.24) is 4.90 Å². The van der Waals surface area contributed by atoms with Gasteiger partial charge in [-0.25, -0.2) is 8.78 Å². The molecule has 2 aliphatic rings. The summed E-state index contributed by atoms with van der Waals surface area (Å²) in [5, 5.41) is 10.2. The zero-order chi connectivity index (χ0) is 15.7. The van der Waals surface area contributed by atoms with Gasteiger partial charge >= 0.3 is 0 Å². The Hall–Kier alpha value is -1.49. The highest BCUT2D eigenvalue weighted by molar-refractivity contribution is 5.79. The molecule has 3 nitrogen and oxygen atoms in total. The van der Waals surface area contributed by atoms with E-state index in [2.05, 4.69) is 0 Å². The largest absolute Gasteiger partial charge is 0.392 e. The standard InChI is InChI=1S/C17H21F2NO2/c18-13-7-12(8-14(19)10-13)9-16(22)20-6-2-5-17(11-20)4-1-3-15(17)21/h7-8,10,15,21H,1-6,9,11H2/t15-,17+/m1/s1. The number of rotatable bonds is 2. The van der Waals surface area contributed by atoms with E-state index in [0.717, 1.165) is 38.2 Å². The smallest absolute Gasteiger partial charge is 0.227 e. The zero-order valence-electron chi connectivity index (χ0n) is 12.5. The number of benzene rings is 1. The second-order valence-corrected chi connectivity index (χ2v) is 6.64. The van der Waals surface area contributed by atoms with Crippen LogP contribution in [0.1, 0.15) is 37.7 Å². The van der Waals surface area contributed by atoms with Gasteiger partial charge in [-0.3, -0.25) is 4.79 Å². The van der Waals surface area contributed by atoms with Gasteiger partial charge in [0.15, 0.2) is 0 Å². The highest BCUT2D eigenvalue weighted by Gasteiger charge is 2.45. The van der Waals surface area contributed by atoms with Crippen LogP contribution in [0, 0.1) is 17.0 Å². The predicted octanol–water partition coefficient (Wildman–Crippen LogP) is 2.66. The van der Waals surface area contributed by atoms with E-state index < -0.39 is 11.6 Å². The summed E-state index contributed by atoms with van der Waals surface area (Å²) < 4.78 is 26.4. The molecule has 1 aromatic rings. The van der Waals surface area contributed by atoms with Gasteiger partial charge in [0.05, 0.1) is 12.5 Å². The van der Waals surface area contributed by atoms with Gasteiger partial charge in [0.25, 0.3) is 0 Å². The Bertz CT molecular complexity index is 558. The number of likely N-dealkylation sites (tertiary alicyclic amines) is 1. The lowest BCUT2D eigenvalue weighted by molar-refractivity contribution is -0.135. The Kier molecular flexibility index (Phi) is 4.17. The van der Waals surface area contributed by atoms with Crippen molar-refractivity contribution in [1.29, 1.82) is 0 Å². The minimum absolute atomic E-state index is 0.000848. The maximum Gasteiger partial charge on any atom is 0.227 e. The van der Waals surface area contributed by atoms with Crippen molar-refractivity contribution in [2.75, 3.05) is 13.1 Å². The van der Waals surface area contributed by atoms with Crippen molar-refractivity contribution in [3.63, 3.8) is 0 Å². The first-order chi connectivity index (χ1) is 10.5. The number of aliphatic hydroxyl groups excluding tert-OH is 1. The summed E-state index contributed by atoms with van der Waals surface area (Å²) in [4.78, 5) is 14.2. The third-order valence-electron chi connectivity index (χ3n) is 5.10. The van der Waals surface area contributed by atoms with Gasteiger partial charge in [-0.05, 0) is 43.4 Å². The highest BCUT2D eigenvalue weighted by atomic mass is 19.1. The molecule has 1 saturated carbocycles. The monoisotopic (exact) mass is 309 g/mol. The van der Waals surface area contributed by atoms with Gasteiger partial charge in [-0.15, -0.1) is 0 Å². The van der Waals surface area contributed by atoms with Crippen LogP contribution in [-0.4, -0.2) is 35.1 Å². The SMILES string of the molecule is O=C(Cc1cc(F)cc(F)c1)N1CCC[C@@]2(CCC[C@H]2O)C1. The van der Waals surface area contributed by atoms with Gasteiger partial charge in [-0.2, -0.15) is 0 Å². The molecule has 22 heavy (non-hydrogen) atoms. The Morgan fingerprint density at radius 2 is 1.91 bits per heavy atom. The molecule has 1 aliphatic carbocycles. The molecule has 1 amide bonds. The van der Waals surface area contributed by atoms with Crippen LogP contribution in [0.5, 0.6) is 0 Å². The normalized spacial score (nSPS) is 28.3. The molecule has 0 bridgehead atoms. The van der Waals surface area contributed by atoms with E-state index in [4.69, 9.17) is 0 Å². The molecular weight excluding hydrogens is 288 g/mol. The quantitative estimate of drug-likeness (QED) is 0.912. The second kappa shape index (κ2) is 5.95. The van der Waals surface area contributed by atoms with Crippen LogP contribution in [0.15, 0.2) is 18.2 Å².